The van der Waals surface area contributed by atoms with Crippen LogP contribution in [0.5, 0.6) is 0 Å². The highest BCUT2D eigenvalue weighted by Crippen LogP contribution is 2.22. The van der Waals surface area contributed by atoms with Gasteiger partial charge in [0.15, 0.2) is 0 Å². The van der Waals surface area contributed by atoms with Crippen molar-refractivity contribution in [1.29, 1.82) is 5.26 Å². The van der Waals surface area contributed by atoms with E-state index in [1.165, 1.54) is 0 Å². The van der Waals surface area contributed by atoms with E-state index < -0.39 is 0 Å². The number of hydrogen-bond donors (Lipinski definition) is 0. The highest BCUT2D eigenvalue weighted by molar-refractivity contribution is 6.31. The quantitative estimate of drug-likeness (QED) is 0.773. The number of carbonyl (C=O) groups excluding carboxylic acids is 1. The Balaban J connectivity index is 3.03. The molecule has 0 amide bonds. The van der Waals surface area contributed by atoms with E-state index in [9.17, 15) is 4.79 Å². The minimum Gasteiger partial charge on any atom is -0.466 e. The third-order valence-corrected chi connectivity index (χ3v) is 2.74. The van der Waals surface area contributed by atoms with Crippen molar-refractivity contribution in [2.75, 3.05) is 6.61 Å². The summed E-state index contributed by atoms with van der Waals surface area (Å²) >= 11 is 5.94. The largest absolute Gasteiger partial charge is 0.466 e. The van der Waals surface area contributed by atoms with E-state index in [1.54, 1.807) is 19.1 Å². The molecule has 0 N–H and O–H groups in total. The molecule has 0 saturated carbocycles. The van der Waals surface area contributed by atoms with Crippen molar-refractivity contribution in [3.8, 4) is 6.07 Å². The lowest BCUT2D eigenvalue weighted by Crippen LogP contribution is -2.09. The van der Waals surface area contributed by atoms with Crippen LogP contribution in [0.2, 0.25) is 5.02 Å². The minimum absolute atomic E-state index is 0.197. The van der Waals surface area contributed by atoms with E-state index in [2.05, 4.69) is 0 Å². The van der Waals surface area contributed by atoms with Crippen LogP contribution < -0.4 is 0 Å². The molecule has 0 aliphatic heterocycles. The Labute approximate surface area is 106 Å². The lowest BCUT2D eigenvalue weighted by atomic mass is 10.00. The Kier molecular flexibility index (Phi) is 4.99. The molecule has 0 bridgehead atoms. The summed E-state index contributed by atoms with van der Waals surface area (Å²) in [6.07, 6.45) is 0.947. The van der Waals surface area contributed by atoms with Crippen LogP contribution in [0.25, 0.3) is 0 Å². The molecule has 90 valence electrons. The fourth-order valence-electron chi connectivity index (χ4n) is 1.61. The summed E-state index contributed by atoms with van der Waals surface area (Å²) < 4.78 is 4.89. The summed E-state index contributed by atoms with van der Waals surface area (Å²) in [6.45, 7) is 4.10. The standard InChI is InChI=1S/C13H14ClNO2/c1-3-9-5-11(8-15)12(14)6-10(9)7-13(16)17-4-2/h5-6H,3-4,7H2,1-2H3. The van der Waals surface area contributed by atoms with Crippen LogP contribution in [0.15, 0.2) is 12.1 Å². The number of esters is 1. The van der Waals surface area contributed by atoms with Crippen LogP contribution in [-0.2, 0) is 22.4 Å². The fraction of sp³-hybridized carbons (Fsp3) is 0.385. The van der Waals surface area contributed by atoms with Crippen molar-refractivity contribution in [3.05, 3.63) is 33.8 Å². The van der Waals surface area contributed by atoms with Crippen LogP contribution in [0.3, 0.4) is 0 Å². The van der Waals surface area contributed by atoms with E-state index in [0.29, 0.717) is 17.2 Å². The number of halogens is 1. The van der Waals surface area contributed by atoms with Gasteiger partial charge in [0.2, 0.25) is 0 Å². The van der Waals surface area contributed by atoms with Crippen molar-refractivity contribution in [3.63, 3.8) is 0 Å². The molecule has 0 aliphatic carbocycles. The molecule has 0 aliphatic rings. The van der Waals surface area contributed by atoms with Crippen molar-refractivity contribution in [2.24, 2.45) is 0 Å². The van der Waals surface area contributed by atoms with Crippen molar-refractivity contribution in [2.45, 2.75) is 26.7 Å². The highest BCUT2D eigenvalue weighted by atomic mass is 35.5. The summed E-state index contributed by atoms with van der Waals surface area (Å²) in [5, 5.41) is 9.25. The van der Waals surface area contributed by atoms with Gasteiger partial charge in [-0.2, -0.15) is 5.26 Å². The van der Waals surface area contributed by atoms with Crippen molar-refractivity contribution < 1.29 is 9.53 Å². The van der Waals surface area contributed by atoms with E-state index in [1.807, 2.05) is 13.0 Å². The third kappa shape index (κ3) is 3.47. The third-order valence-electron chi connectivity index (χ3n) is 2.43. The van der Waals surface area contributed by atoms with Gasteiger partial charge in [0.05, 0.1) is 23.6 Å². The van der Waals surface area contributed by atoms with Crippen LogP contribution in [0, 0.1) is 11.3 Å². The molecule has 0 fully saturated rings. The average Bonchev–Trinajstić information content (AvgIpc) is 2.29. The van der Waals surface area contributed by atoms with Gasteiger partial charge in [0.25, 0.3) is 0 Å². The minimum atomic E-state index is -0.275. The summed E-state index contributed by atoms with van der Waals surface area (Å²) in [5.74, 6) is -0.275. The van der Waals surface area contributed by atoms with Crippen molar-refractivity contribution in [1.82, 2.24) is 0 Å². The van der Waals surface area contributed by atoms with Gasteiger partial charge in [0, 0.05) is 0 Å². The van der Waals surface area contributed by atoms with Crippen LogP contribution in [0.4, 0.5) is 0 Å². The maximum absolute atomic E-state index is 11.4. The molecule has 1 aromatic carbocycles. The predicted octanol–water partition coefficient (Wildman–Crippen LogP) is 2.88. The van der Waals surface area contributed by atoms with Gasteiger partial charge in [-0.15, -0.1) is 0 Å². The van der Waals surface area contributed by atoms with Gasteiger partial charge in [-0.25, -0.2) is 0 Å². The number of ether oxygens (including phenoxy) is 1. The van der Waals surface area contributed by atoms with Gasteiger partial charge in [0.1, 0.15) is 6.07 Å². The molecule has 17 heavy (non-hydrogen) atoms. The normalized spacial score (nSPS) is 9.76. The first kappa shape index (κ1) is 13.5. The molecular weight excluding hydrogens is 238 g/mol. The molecule has 0 saturated heterocycles. The van der Waals surface area contributed by atoms with E-state index in [0.717, 1.165) is 17.5 Å². The molecule has 4 heteroatoms. The fourth-order valence-corrected chi connectivity index (χ4v) is 1.83. The van der Waals surface area contributed by atoms with Gasteiger partial charge < -0.3 is 4.74 Å². The predicted molar refractivity (Wildman–Crippen MR) is 65.9 cm³/mol. The number of nitriles is 1. The van der Waals surface area contributed by atoms with Crippen molar-refractivity contribution >= 4 is 17.6 Å². The molecule has 0 unspecified atom stereocenters. The molecular formula is C13H14ClNO2. The number of rotatable bonds is 4. The zero-order chi connectivity index (χ0) is 12.8. The second-order valence-corrected chi connectivity index (χ2v) is 3.96. The van der Waals surface area contributed by atoms with Crippen LogP contribution in [-0.4, -0.2) is 12.6 Å². The van der Waals surface area contributed by atoms with Gasteiger partial charge in [-0.05, 0) is 36.6 Å². The van der Waals surface area contributed by atoms with Crippen LogP contribution in [0.1, 0.15) is 30.5 Å². The first-order valence-electron chi connectivity index (χ1n) is 5.49. The smallest absolute Gasteiger partial charge is 0.310 e. The molecule has 0 aromatic heterocycles. The number of aryl methyl sites for hydroxylation is 1. The maximum Gasteiger partial charge on any atom is 0.310 e. The number of benzene rings is 1. The van der Waals surface area contributed by atoms with Gasteiger partial charge in [-0.3, -0.25) is 4.79 Å². The second kappa shape index (κ2) is 6.27. The molecule has 0 radical (unpaired) electrons. The summed E-state index contributed by atoms with van der Waals surface area (Å²) in [6, 6.07) is 5.44. The van der Waals surface area contributed by atoms with Gasteiger partial charge in [-0.1, -0.05) is 18.5 Å². The number of carbonyl (C=O) groups is 1. The summed E-state index contributed by atoms with van der Waals surface area (Å²) in [5.41, 5.74) is 2.23. The Bertz CT molecular complexity index is 463. The summed E-state index contributed by atoms with van der Waals surface area (Å²) in [7, 11) is 0. The molecule has 0 atom stereocenters. The maximum atomic E-state index is 11.4. The topological polar surface area (TPSA) is 50.1 Å². The molecule has 3 nitrogen and oxygen atoms in total. The molecule has 1 rings (SSSR count). The Morgan fingerprint density at radius 2 is 2.12 bits per heavy atom. The zero-order valence-corrected chi connectivity index (χ0v) is 10.7. The first-order chi connectivity index (χ1) is 8.12. The molecule has 0 heterocycles. The second-order valence-electron chi connectivity index (χ2n) is 3.55. The number of hydrogen-bond acceptors (Lipinski definition) is 3. The van der Waals surface area contributed by atoms with E-state index in [-0.39, 0.29) is 12.4 Å². The van der Waals surface area contributed by atoms with E-state index in [4.69, 9.17) is 21.6 Å². The Morgan fingerprint density at radius 1 is 1.41 bits per heavy atom. The molecule has 1 aromatic rings. The SMILES string of the molecule is CCOC(=O)Cc1cc(Cl)c(C#N)cc1CC. The lowest BCUT2D eigenvalue weighted by molar-refractivity contribution is -0.142. The van der Waals surface area contributed by atoms with E-state index >= 15 is 0 Å². The number of nitrogens with zero attached hydrogens (tertiary/aromatic N) is 1. The Hall–Kier alpha value is -1.53. The monoisotopic (exact) mass is 251 g/mol. The summed E-state index contributed by atoms with van der Waals surface area (Å²) in [4.78, 5) is 11.4. The average molecular weight is 252 g/mol. The lowest BCUT2D eigenvalue weighted by Gasteiger charge is -2.09. The van der Waals surface area contributed by atoms with Crippen LogP contribution >= 0.6 is 11.6 Å². The Morgan fingerprint density at radius 3 is 2.65 bits per heavy atom. The van der Waals surface area contributed by atoms with Gasteiger partial charge >= 0.3 is 5.97 Å². The highest BCUT2D eigenvalue weighted by Gasteiger charge is 2.11. The first-order valence-corrected chi connectivity index (χ1v) is 5.87. The zero-order valence-electron chi connectivity index (χ0n) is 9.92. The molecule has 0 spiro atoms.